The molecule has 3 heterocycles. The van der Waals surface area contributed by atoms with Crippen molar-refractivity contribution in [2.45, 2.75) is 84.0 Å². The number of ether oxygens (including phenoxy) is 3. The largest absolute Gasteiger partial charge is 0.472 e. The Morgan fingerprint density at radius 3 is 2.63 bits per heavy atom. The number of hydrogen-bond acceptors (Lipinski definition) is 4. The molecular formula is C26H38O4. The van der Waals surface area contributed by atoms with Crippen molar-refractivity contribution in [1.82, 2.24) is 0 Å². The number of rotatable bonds is 4. The highest BCUT2D eigenvalue weighted by atomic mass is 16.7. The maximum Gasteiger partial charge on any atom is 0.174 e. The fourth-order valence-corrected chi connectivity index (χ4v) is 7.27. The summed E-state index contributed by atoms with van der Waals surface area (Å²) in [5.41, 5.74) is 3.07. The minimum Gasteiger partial charge on any atom is -0.472 e. The third-order valence-corrected chi connectivity index (χ3v) is 9.40. The maximum atomic E-state index is 6.36. The summed E-state index contributed by atoms with van der Waals surface area (Å²) >= 11 is 0. The first-order valence-electron chi connectivity index (χ1n) is 12.1. The zero-order valence-corrected chi connectivity index (χ0v) is 19.0. The first kappa shape index (κ1) is 20.8. The average molecular weight is 415 g/mol. The molecule has 0 aromatic carbocycles. The topological polar surface area (TPSA) is 40.8 Å². The molecule has 2 aliphatic heterocycles. The van der Waals surface area contributed by atoms with Crippen LogP contribution in [0.15, 0.2) is 34.7 Å². The Hall–Kier alpha value is -1.10. The van der Waals surface area contributed by atoms with Crippen LogP contribution in [-0.2, 0) is 14.2 Å². The summed E-state index contributed by atoms with van der Waals surface area (Å²) in [6, 6.07) is 2.02. The van der Waals surface area contributed by atoms with Gasteiger partial charge in [0.2, 0.25) is 0 Å². The highest BCUT2D eigenvalue weighted by Gasteiger charge is 2.64. The highest BCUT2D eigenvalue weighted by Crippen LogP contribution is 2.66. The van der Waals surface area contributed by atoms with Gasteiger partial charge in [-0.15, -0.1) is 0 Å². The van der Waals surface area contributed by atoms with Crippen molar-refractivity contribution in [3.63, 3.8) is 0 Å². The van der Waals surface area contributed by atoms with Crippen molar-refractivity contribution in [2.24, 2.45) is 22.7 Å². The average Bonchev–Trinajstić information content (AvgIpc) is 3.45. The van der Waals surface area contributed by atoms with Gasteiger partial charge in [0.1, 0.15) is 0 Å². The Morgan fingerprint density at radius 1 is 1.10 bits per heavy atom. The first-order chi connectivity index (χ1) is 14.5. The van der Waals surface area contributed by atoms with E-state index in [1.807, 2.05) is 6.07 Å². The molecule has 3 fully saturated rings. The van der Waals surface area contributed by atoms with Gasteiger partial charge in [-0.25, -0.2) is 0 Å². The van der Waals surface area contributed by atoms with Crippen molar-refractivity contribution < 1.29 is 18.6 Å². The molecule has 1 spiro atoms. The van der Waals surface area contributed by atoms with Gasteiger partial charge >= 0.3 is 0 Å². The monoisotopic (exact) mass is 414 g/mol. The van der Waals surface area contributed by atoms with Crippen molar-refractivity contribution in [1.29, 1.82) is 0 Å². The molecule has 0 amide bonds. The van der Waals surface area contributed by atoms with Crippen LogP contribution in [0.3, 0.4) is 0 Å². The third-order valence-electron chi connectivity index (χ3n) is 9.40. The summed E-state index contributed by atoms with van der Waals surface area (Å²) in [5, 5.41) is 0. The summed E-state index contributed by atoms with van der Waals surface area (Å²) in [4.78, 5) is 0. The lowest BCUT2D eigenvalue weighted by Crippen LogP contribution is -2.61. The smallest absolute Gasteiger partial charge is 0.174 e. The van der Waals surface area contributed by atoms with Crippen LogP contribution in [0.4, 0.5) is 0 Å². The predicted molar refractivity (Wildman–Crippen MR) is 116 cm³/mol. The summed E-state index contributed by atoms with van der Waals surface area (Å²) in [5.74, 6) is 1.06. The van der Waals surface area contributed by atoms with E-state index in [9.17, 15) is 0 Å². The summed E-state index contributed by atoms with van der Waals surface area (Å²) < 4.78 is 24.1. The zero-order valence-electron chi connectivity index (χ0n) is 19.0. The van der Waals surface area contributed by atoms with Crippen LogP contribution in [0, 0.1) is 22.7 Å². The van der Waals surface area contributed by atoms with Crippen LogP contribution in [0.1, 0.15) is 83.8 Å². The van der Waals surface area contributed by atoms with Crippen LogP contribution in [-0.4, -0.2) is 25.6 Å². The van der Waals surface area contributed by atoms with Crippen molar-refractivity contribution in [2.75, 3.05) is 19.8 Å². The second-order valence-electron chi connectivity index (χ2n) is 10.7. The molecule has 0 N–H and O–H groups in total. The SMILES string of the molecule is C[C@H]1CC[C@]2(C)[C@H](CCCC23OCCO3)[C@@]1(C)CCC1=CC[C@@H](c2ccoc2)OC1. The van der Waals surface area contributed by atoms with Gasteiger partial charge in [0.15, 0.2) is 5.79 Å². The Bertz CT molecular complexity index is 762. The Kier molecular flexibility index (Phi) is 5.40. The second-order valence-corrected chi connectivity index (χ2v) is 10.7. The molecule has 2 saturated carbocycles. The Balaban J connectivity index is 1.31. The molecule has 2 aliphatic carbocycles. The zero-order chi connectivity index (χ0) is 20.8. The molecule has 4 nitrogen and oxygen atoms in total. The van der Waals surface area contributed by atoms with E-state index in [0.29, 0.717) is 11.3 Å². The van der Waals surface area contributed by atoms with E-state index in [0.717, 1.165) is 50.6 Å². The molecule has 5 atom stereocenters. The number of fused-ring (bicyclic) bond motifs is 2. The summed E-state index contributed by atoms with van der Waals surface area (Å²) in [7, 11) is 0. The van der Waals surface area contributed by atoms with Gasteiger partial charge in [-0.2, -0.15) is 0 Å². The standard InChI is InChI=1S/C26H38O4/c1-19-8-13-25(3)23(5-4-11-26(25)29-15-16-30-26)24(19,2)12-9-20-6-7-22(28-17-20)21-10-14-27-18-21/h6,10,14,18-19,22-23H,4-5,7-9,11-13,15-17H2,1-3H3/t19-,22-,23+,24-,25+/m0/s1. The highest BCUT2D eigenvalue weighted by molar-refractivity contribution is 5.17. The summed E-state index contributed by atoms with van der Waals surface area (Å²) in [6.07, 6.45) is 15.5. The molecule has 1 saturated heterocycles. The first-order valence-corrected chi connectivity index (χ1v) is 12.1. The van der Waals surface area contributed by atoms with E-state index in [2.05, 4.69) is 26.8 Å². The normalized spacial score (nSPS) is 40.9. The van der Waals surface area contributed by atoms with E-state index in [1.54, 1.807) is 12.5 Å². The fourth-order valence-electron chi connectivity index (χ4n) is 7.27. The third kappa shape index (κ3) is 3.22. The van der Waals surface area contributed by atoms with E-state index < -0.39 is 0 Å². The van der Waals surface area contributed by atoms with Crippen molar-refractivity contribution in [3.05, 3.63) is 35.8 Å². The molecule has 0 bridgehead atoms. The molecule has 1 aromatic heterocycles. The number of furan rings is 1. The Morgan fingerprint density at radius 2 is 1.93 bits per heavy atom. The Labute approximate surface area is 181 Å². The second kappa shape index (κ2) is 7.79. The maximum absolute atomic E-state index is 6.36. The lowest BCUT2D eigenvalue weighted by molar-refractivity contribution is -0.297. The van der Waals surface area contributed by atoms with Crippen molar-refractivity contribution in [3.8, 4) is 0 Å². The van der Waals surface area contributed by atoms with Gasteiger partial charge in [0.05, 0.1) is 38.5 Å². The lowest BCUT2D eigenvalue weighted by atomic mass is 9.45. The van der Waals surface area contributed by atoms with Crippen LogP contribution in [0.2, 0.25) is 0 Å². The molecule has 30 heavy (non-hydrogen) atoms. The lowest BCUT2D eigenvalue weighted by Gasteiger charge is -2.63. The van der Waals surface area contributed by atoms with E-state index in [-0.39, 0.29) is 17.3 Å². The summed E-state index contributed by atoms with van der Waals surface area (Å²) in [6.45, 7) is 9.79. The van der Waals surface area contributed by atoms with Gasteiger partial charge in [-0.3, -0.25) is 0 Å². The van der Waals surface area contributed by atoms with Crippen LogP contribution in [0.25, 0.3) is 0 Å². The molecule has 166 valence electrons. The van der Waals surface area contributed by atoms with Crippen molar-refractivity contribution >= 4 is 0 Å². The van der Waals surface area contributed by atoms with Gasteiger partial charge in [-0.05, 0) is 73.8 Å². The molecule has 4 aliphatic rings. The van der Waals surface area contributed by atoms with E-state index in [1.165, 1.54) is 37.7 Å². The quantitative estimate of drug-likeness (QED) is 0.532. The van der Waals surface area contributed by atoms with Crippen LogP contribution in [0.5, 0.6) is 0 Å². The minimum absolute atomic E-state index is 0.132. The molecule has 0 unspecified atom stereocenters. The van der Waals surface area contributed by atoms with Gasteiger partial charge in [-0.1, -0.05) is 26.8 Å². The van der Waals surface area contributed by atoms with E-state index in [4.69, 9.17) is 18.6 Å². The van der Waals surface area contributed by atoms with Gasteiger partial charge < -0.3 is 18.6 Å². The van der Waals surface area contributed by atoms with Gasteiger partial charge in [0.25, 0.3) is 0 Å². The minimum atomic E-state index is -0.331. The molecule has 4 heteroatoms. The van der Waals surface area contributed by atoms with Gasteiger partial charge in [0, 0.05) is 17.4 Å². The van der Waals surface area contributed by atoms with E-state index >= 15 is 0 Å². The van der Waals surface area contributed by atoms with Crippen LogP contribution >= 0.6 is 0 Å². The number of hydrogen-bond donors (Lipinski definition) is 0. The fraction of sp³-hybridized carbons (Fsp3) is 0.769. The van der Waals surface area contributed by atoms with Crippen LogP contribution < -0.4 is 0 Å². The molecular weight excluding hydrogens is 376 g/mol. The predicted octanol–water partition coefficient (Wildman–Crippen LogP) is 6.43. The molecule has 5 rings (SSSR count). The molecule has 0 radical (unpaired) electrons. The molecule has 1 aromatic rings.